The highest BCUT2D eigenvalue weighted by atomic mass is 35.5. The van der Waals surface area contributed by atoms with Crippen molar-refractivity contribution in [2.24, 2.45) is 5.92 Å². The molecule has 34 heavy (non-hydrogen) atoms. The average Bonchev–Trinajstić information content (AvgIpc) is 3.49. The first-order valence-corrected chi connectivity index (χ1v) is 11.5. The van der Waals surface area contributed by atoms with Crippen molar-refractivity contribution in [1.29, 1.82) is 0 Å². The Morgan fingerprint density at radius 3 is 2.53 bits per heavy atom. The number of benzene rings is 2. The molecule has 1 aliphatic rings. The molecule has 0 fully saturated rings. The summed E-state index contributed by atoms with van der Waals surface area (Å²) in [6.07, 6.45) is 12.1. The molecule has 2 atom stereocenters. The molecule has 0 aliphatic heterocycles. The summed E-state index contributed by atoms with van der Waals surface area (Å²) in [4.78, 5) is 14.8. The first-order valence-electron chi connectivity index (χ1n) is 10.8. The number of allylic oxidation sites excluding steroid dienone is 4. The van der Waals surface area contributed by atoms with Crippen LogP contribution in [-0.2, 0) is 0 Å². The minimum absolute atomic E-state index is 0.121. The zero-order chi connectivity index (χ0) is 23.7. The number of nitrogens with zero attached hydrogens (tertiary/aromatic N) is 6. The van der Waals surface area contributed by atoms with E-state index < -0.39 is 0 Å². The van der Waals surface area contributed by atoms with Gasteiger partial charge < -0.3 is 5.32 Å². The van der Waals surface area contributed by atoms with Crippen LogP contribution in [0, 0.1) is 12.8 Å². The van der Waals surface area contributed by atoms with Gasteiger partial charge in [0, 0.05) is 12.5 Å². The first-order chi connectivity index (χ1) is 16.5. The highest BCUT2D eigenvalue weighted by Crippen LogP contribution is 2.29. The fourth-order valence-electron chi connectivity index (χ4n) is 4.02. The zero-order valence-electron chi connectivity index (χ0n) is 18.3. The van der Waals surface area contributed by atoms with Gasteiger partial charge in [0.15, 0.2) is 0 Å². The molecule has 4 aromatic rings. The van der Waals surface area contributed by atoms with Crippen molar-refractivity contribution in [3.63, 3.8) is 0 Å². The Balaban J connectivity index is 1.40. The van der Waals surface area contributed by atoms with Crippen molar-refractivity contribution >= 4 is 40.1 Å². The van der Waals surface area contributed by atoms with E-state index in [-0.39, 0.29) is 33.5 Å². The summed E-state index contributed by atoms with van der Waals surface area (Å²) in [5.74, 6) is -0.242. The van der Waals surface area contributed by atoms with E-state index >= 15 is 0 Å². The fraction of sp³-hybridized carbons (Fsp3) is 0.208. The molecule has 8 nitrogen and oxygen atoms in total. The van der Waals surface area contributed by atoms with Crippen LogP contribution in [0.15, 0.2) is 67.3 Å². The van der Waals surface area contributed by atoms with E-state index in [0.29, 0.717) is 12.2 Å². The van der Waals surface area contributed by atoms with E-state index in [4.69, 9.17) is 28.3 Å². The molecule has 1 unspecified atom stereocenters. The van der Waals surface area contributed by atoms with Gasteiger partial charge in [0.05, 0.1) is 27.3 Å². The van der Waals surface area contributed by atoms with Crippen molar-refractivity contribution in [3.8, 4) is 5.69 Å². The molecule has 5 rings (SSSR count). The maximum absolute atomic E-state index is 13.1. The van der Waals surface area contributed by atoms with Crippen LogP contribution >= 0.6 is 23.2 Å². The maximum atomic E-state index is 13.1. The minimum atomic E-state index is -0.363. The number of rotatable bonds is 6. The summed E-state index contributed by atoms with van der Waals surface area (Å²) in [5.41, 5.74) is 3.63. The van der Waals surface area contributed by atoms with E-state index in [1.807, 2.05) is 37.3 Å². The molecule has 1 N–H and O–H groups in total. The zero-order valence-corrected chi connectivity index (χ0v) is 19.8. The SMILES string of the molecule is Cc1ccc2nn([C@@H](CNC(=O)c3c(Cl)cc(-n4cnnc4)cc3Cl)C3C=CC=CC3)nc2c1. The molecular weight excluding hydrogens is 473 g/mol. The van der Waals surface area contributed by atoms with Gasteiger partial charge in [0.25, 0.3) is 5.91 Å². The number of nitrogens with one attached hydrogen (secondary N) is 1. The second-order valence-electron chi connectivity index (χ2n) is 8.16. The van der Waals surface area contributed by atoms with Crippen molar-refractivity contribution in [2.75, 3.05) is 6.54 Å². The monoisotopic (exact) mass is 493 g/mol. The molecule has 0 saturated carbocycles. The van der Waals surface area contributed by atoms with E-state index in [9.17, 15) is 4.79 Å². The number of halogens is 2. The predicted octanol–water partition coefficient (Wildman–Crippen LogP) is 4.73. The van der Waals surface area contributed by atoms with Crippen LogP contribution in [0.25, 0.3) is 16.7 Å². The molecule has 2 aromatic heterocycles. The van der Waals surface area contributed by atoms with Gasteiger partial charge >= 0.3 is 0 Å². The second kappa shape index (κ2) is 9.40. The molecular formula is C24H21Cl2N7O. The second-order valence-corrected chi connectivity index (χ2v) is 8.97. The Morgan fingerprint density at radius 2 is 1.82 bits per heavy atom. The molecule has 1 amide bonds. The number of hydrogen-bond donors (Lipinski definition) is 1. The number of aromatic nitrogens is 6. The lowest BCUT2D eigenvalue weighted by molar-refractivity contribution is 0.0942. The van der Waals surface area contributed by atoms with Crippen LogP contribution in [-0.4, -0.2) is 42.2 Å². The van der Waals surface area contributed by atoms with E-state index in [2.05, 4.69) is 32.8 Å². The number of hydrogen-bond acceptors (Lipinski definition) is 5. The van der Waals surface area contributed by atoms with Crippen molar-refractivity contribution < 1.29 is 4.79 Å². The average molecular weight is 494 g/mol. The van der Waals surface area contributed by atoms with Gasteiger partial charge in [-0.25, -0.2) is 0 Å². The van der Waals surface area contributed by atoms with E-state index in [1.54, 1.807) is 21.5 Å². The van der Waals surface area contributed by atoms with Crippen LogP contribution in [0.1, 0.15) is 28.4 Å². The minimum Gasteiger partial charge on any atom is -0.350 e. The fourth-order valence-corrected chi connectivity index (χ4v) is 4.67. The summed E-state index contributed by atoms with van der Waals surface area (Å²) in [7, 11) is 0. The maximum Gasteiger partial charge on any atom is 0.254 e. The summed E-state index contributed by atoms with van der Waals surface area (Å²) in [5, 5.41) is 20.4. The summed E-state index contributed by atoms with van der Waals surface area (Å²) < 4.78 is 1.66. The van der Waals surface area contributed by atoms with Gasteiger partial charge in [-0.2, -0.15) is 15.0 Å². The number of amides is 1. The summed E-state index contributed by atoms with van der Waals surface area (Å²) >= 11 is 12.9. The topological polar surface area (TPSA) is 90.5 Å². The lowest BCUT2D eigenvalue weighted by Gasteiger charge is -2.25. The van der Waals surface area contributed by atoms with Crippen molar-refractivity contribution in [1.82, 2.24) is 35.1 Å². The molecule has 10 heteroatoms. The Labute approximate surface area is 205 Å². The third kappa shape index (κ3) is 4.47. The Hall–Kier alpha value is -3.49. The lowest BCUT2D eigenvalue weighted by atomic mass is 9.93. The molecule has 0 radical (unpaired) electrons. The quantitative estimate of drug-likeness (QED) is 0.419. The number of carbonyl (C=O) groups is 1. The van der Waals surface area contributed by atoms with Gasteiger partial charge in [-0.3, -0.25) is 9.36 Å². The van der Waals surface area contributed by atoms with Crippen LogP contribution in [0.4, 0.5) is 0 Å². The number of carbonyl (C=O) groups excluding carboxylic acids is 1. The third-order valence-electron chi connectivity index (χ3n) is 5.80. The van der Waals surface area contributed by atoms with Gasteiger partial charge in [0.2, 0.25) is 0 Å². The Kier molecular flexibility index (Phi) is 6.17. The van der Waals surface area contributed by atoms with Crippen LogP contribution < -0.4 is 5.32 Å². The van der Waals surface area contributed by atoms with Crippen LogP contribution in [0.5, 0.6) is 0 Å². The molecule has 0 bridgehead atoms. The lowest BCUT2D eigenvalue weighted by Crippen LogP contribution is -2.35. The van der Waals surface area contributed by atoms with E-state index in [0.717, 1.165) is 23.0 Å². The van der Waals surface area contributed by atoms with Crippen molar-refractivity contribution in [3.05, 3.63) is 88.5 Å². The van der Waals surface area contributed by atoms with Gasteiger partial charge in [-0.1, -0.05) is 53.6 Å². The Bertz CT molecular complexity index is 1390. The highest BCUT2D eigenvalue weighted by Gasteiger charge is 2.26. The third-order valence-corrected chi connectivity index (χ3v) is 6.39. The van der Waals surface area contributed by atoms with Crippen molar-refractivity contribution in [2.45, 2.75) is 19.4 Å². The molecule has 0 spiro atoms. The Morgan fingerprint density at radius 1 is 1.09 bits per heavy atom. The standard InChI is InChI=1S/C24H21Cl2N7O/c1-15-7-8-20-21(9-15)31-33(30-20)22(16-5-3-2-4-6-16)12-27-24(34)23-18(25)10-17(11-19(23)26)32-13-28-29-14-32/h2-5,7-11,13-14,16,22H,6,12H2,1H3,(H,27,34)/t16?,22-/m0/s1. The molecule has 172 valence electrons. The van der Waals surface area contributed by atoms with Gasteiger partial charge in [0.1, 0.15) is 23.7 Å². The van der Waals surface area contributed by atoms with E-state index in [1.165, 1.54) is 12.7 Å². The highest BCUT2D eigenvalue weighted by molar-refractivity contribution is 6.40. The normalized spacial score (nSPS) is 16.1. The molecule has 2 heterocycles. The summed E-state index contributed by atoms with van der Waals surface area (Å²) in [6, 6.07) is 9.09. The predicted molar refractivity (Wildman–Crippen MR) is 131 cm³/mol. The molecule has 1 aliphatic carbocycles. The smallest absolute Gasteiger partial charge is 0.254 e. The van der Waals surface area contributed by atoms with Gasteiger partial charge in [-0.05, 0) is 43.2 Å². The first kappa shape index (κ1) is 22.3. The largest absolute Gasteiger partial charge is 0.350 e. The summed E-state index contributed by atoms with van der Waals surface area (Å²) in [6.45, 7) is 2.33. The molecule has 0 saturated heterocycles. The molecule has 2 aromatic carbocycles. The van der Waals surface area contributed by atoms with Crippen LogP contribution in [0.2, 0.25) is 10.0 Å². The number of fused-ring (bicyclic) bond motifs is 1. The van der Waals surface area contributed by atoms with Gasteiger partial charge in [-0.15, -0.1) is 10.2 Å². The number of aryl methyl sites for hydroxylation is 1. The van der Waals surface area contributed by atoms with Crippen LogP contribution in [0.3, 0.4) is 0 Å².